The first-order valence-electron chi connectivity index (χ1n) is 13.5. The molecule has 0 radical (unpaired) electrons. The Morgan fingerprint density at radius 1 is 0.590 bits per heavy atom. The Kier molecular flexibility index (Phi) is 13.6. The maximum Gasteiger partial charge on any atom is -0.147 e. The van der Waals surface area contributed by atoms with Gasteiger partial charge < -0.3 is 0 Å². The summed E-state index contributed by atoms with van der Waals surface area (Å²) in [4.78, 5) is 0. The van der Waals surface area contributed by atoms with Gasteiger partial charge in [0, 0.05) is 0 Å². The van der Waals surface area contributed by atoms with Crippen molar-refractivity contribution in [3.63, 3.8) is 0 Å². The zero-order valence-electron chi connectivity index (χ0n) is 24.6. The predicted octanol–water partition coefficient (Wildman–Crippen LogP) is 8.87. The summed E-state index contributed by atoms with van der Waals surface area (Å²) in [6, 6.07) is 28.8. The van der Waals surface area contributed by atoms with Gasteiger partial charge in [-0.25, -0.2) is 0 Å². The summed E-state index contributed by atoms with van der Waals surface area (Å²) >= 11 is 2.34. The molecule has 0 aromatic heterocycles. The Balaban J connectivity index is 0.00000253. The van der Waals surface area contributed by atoms with E-state index in [1.165, 1.54) is 41.7 Å². The van der Waals surface area contributed by atoms with E-state index in [2.05, 4.69) is 149 Å². The van der Waals surface area contributed by atoms with Crippen molar-refractivity contribution in [1.82, 2.24) is 0 Å². The zero-order chi connectivity index (χ0) is 26.2. The summed E-state index contributed by atoms with van der Waals surface area (Å²) in [6.07, 6.45) is 1.09. The SMILES string of the molecule is CC1=C([Si](c2cccc(C(C)C)c2)(c2cccc(C(C)C)c2)c2cccc(C(C)C)c2)C(C)=[C]([Ti])C1.Cl.Cl.Cl. The van der Waals surface area contributed by atoms with E-state index in [0.29, 0.717) is 17.8 Å². The third-order valence-corrected chi connectivity index (χ3v) is 14.0. The van der Waals surface area contributed by atoms with Crippen LogP contribution in [0, 0.1) is 0 Å². The van der Waals surface area contributed by atoms with Crippen LogP contribution in [0.2, 0.25) is 0 Å². The topological polar surface area (TPSA) is 0 Å². The van der Waals surface area contributed by atoms with Gasteiger partial charge in [-0.1, -0.05) is 0 Å². The van der Waals surface area contributed by atoms with Gasteiger partial charge in [-0.2, -0.15) is 0 Å². The number of hydrogen-bond donors (Lipinski definition) is 0. The Labute approximate surface area is 268 Å². The van der Waals surface area contributed by atoms with E-state index in [1.807, 2.05) is 0 Å². The van der Waals surface area contributed by atoms with E-state index in [0.717, 1.165) is 6.42 Å². The average Bonchev–Trinajstić information content (AvgIpc) is 3.12. The average molecular weight is 635 g/mol. The van der Waals surface area contributed by atoms with E-state index >= 15 is 0 Å². The summed E-state index contributed by atoms with van der Waals surface area (Å²) in [5, 5.41) is 6.17. The van der Waals surface area contributed by atoms with Gasteiger partial charge in [0.2, 0.25) is 0 Å². The van der Waals surface area contributed by atoms with Gasteiger partial charge in [0.1, 0.15) is 0 Å². The van der Waals surface area contributed by atoms with Crippen LogP contribution in [0.1, 0.15) is 96.3 Å². The summed E-state index contributed by atoms with van der Waals surface area (Å²) in [7, 11) is -2.57. The summed E-state index contributed by atoms with van der Waals surface area (Å²) in [5.74, 6) is 1.49. The van der Waals surface area contributed by atoms with Crippen molar-refractivity contribution in [3.05, 3.63) is 110 Å². The number of halogens is 3. The fourth-order valence-electron chi connectivity index (χ4n) is 5.88. The molecule has 0 saturated carbocycles. The fraction of sp³-hybridized carbons (Fsp3) is 0.353. The van der Waals surface area contributed by atoms with Crippen LogP contribution in [0.5, 0.6) is 0 Å². The molecule has 0 N–H and O–H groups in total. The third-order valence-electron chi connectivity index (χ3n) is 8.03. The molecule has 5 heteroatoms. The Bertz CT molecular complexity index is 1210. The quantitative estimate of drug-likeness (QED) is 0.180. The van der Waals surface area contributed by atoms with Gasteiger partial charge in [-0.3, -0.25) is 0 Å². The minimum absolute atomic E-state index is 0. The van der Waals surface area contributed by atoms with Gasteiger partial charge in [0.05, 0.1) is 0 Å². The minimum atomic E-state index is -2.57. The zero-order valence-corrected chi connectivity index (χ0v) is 29.6. The Morgan fingerprint density at radius 3 is 1.18 bits per heavy atom. The number of allylic oxidation sites excluding steroid dienone is 4. The van der Waals surface area contributed by atoms with Gasteiger partial charge in [0.25, 0.3) is 0 Å². The standard InChI is InChI=1S/C34H41Si.3ClH.Ti/c1-23(2)28-12-9-15-31(20-28)35(34-26(7)18-19-27(34)8,32-16-10-13-29(21-32)24(3)4)33-17-11-14-30(22-33)25(5)6;;;;/h9-17,20-25H,18H2,1-8H3;3*1H;. The number of hydrogen-bond acceptors (Lipinski definition) is 0. The first-order valence-corrected chi connectivity index (χ1v) is 16.3. The minimum Gasteiger partial charge on any atom is -0.147 e. The fourth-order valence-corrected chi connectivity index (χ4v) is 12.2. The molecule has 3 aromatic rings. The van der Waals surface area contributed by atoms with Crippen molar-refractivity contribution < 1.29 is 20.4 Å². The monoisotopic (exact) mass is 633 g/mol. The molecule has 0 atom stereocenters. The third kappa shape index (κ3) is 6.88. The van der Waals surface area contributed by atoms with Crippen LogP contribution in [0.25, 0.3) is 0 Å². The molecule has 0 amide bonds. The van der Waals surface area contributed by atoms with E-state index in [1.54, 1.807) is 10.8 Å². The van der Waals surface area contributed by atoms with Gasteiger partial charge in [-0.15, -0.1) is 37.2 Å². The summed E-state index contributed by atoms with van der Waals surface area (Å²) in [5.41, 5.74) is 7.35. The normalized spacial score (nSPS) is 13.5. The Morgan fingerprint density at radius 2 is 0.923 bits per heavy atom. The van der Waals surface area contributed by atoms with Crippen molar-refractivity contribution in [2.75, 3.05) is 0 Å². The first kappa shape index (κ1) is 36.0. The van der Waals surface area contributed by atoms with Gasteiger partial charge in [0.15, 0.2) is 0 Å². The van der Waals surface area contributed by atoms with E-state index in [-0.39, 0.29) is 37.2 Å². The molecular weight excluding hydrogens is 591 g/mol. The Hall–Kier alpha value is -1.06. The maximum absolute atomic E-state index is 2.57. The molecule has 0 fully saturated rings. The van der Waals surface area contributed by atoms with Crippen LogP contribution in [0.4, 0.5) is 0 Å². The molecular formula is C34H44Cl3SiTi. The van der Waals surface area contributed by atoms with Crippen LogP contribution in [0.15, 0.2) is 93.0 Å². The molecule has 1 aliphatic carbocycles. The van der Waals surface area contributed by atoms with E-state index in [9.17, 15) is 0 Å². The molecule has 0 nitrogen and oxygen atoms in total. The summed E-state index contributed by atoms with van der Waals surface area (Å²) < 4.78 is 1.53. The van der Waals surface area contributed by atoms with Gasteiger partial charge >= 0.3 is 233 Å². The van der Waals surface area contributed by atoms with E-state index < -0.39 is 8.07 Å². The molecule has 0 unspecified atom stereocenters. The largest absolute Gasteiger partial charge is 0.147 e. The van der Waals surface area contributed by atoms with Crippen LogP contribution in [-0.4, -0.2) is 8.07 Å². The molecule has 209 valence electrons. The van der Waals surface area contributed by atoms with Crippen molar-refractivity contribution in [2.45, 2.75) is 79.6 Å². The van der Waals surface area contributed by atoms with E-state index in [4.69, 9.17) is 0 Å². The molecule has 39 heavy (non-hydrogen) atoms. The number of benzene rings is 3. The smallest absolute Gasteiger partial charge is 0.147 e. The molecule has 0 spiro atoms. The van der Waals surface area contributed by atoms with Crippen LogP contribution >= 0.6 is 37.2 Å². The van der Waals surface area contributed by atoms with Gasteiger partial charge in [-0.05, 0) is 0 Å². The second-order valence-electron chi connectivity index (χ2n) is 11.5. The van der Waals surface area contributed by atoms with Crippen LogP contribution in [0.3, 0.4) is 0 Å². The first-order chi connectivity index (χ1) is 17.1. The van der Waals surface area contributed by atoms with Crippen molar-refractivity contribution >= 4 is 60.9 Å². The second kappa shape index (κ2) is 14.7. The molecule has 0 bridgehead atoms. The maximum atomic E-state index is 2.54. The molecule has 0 aliphatic heterocycles. The molecule has 3 aromatic carbocycles. The van der Waals surface area contributed by atoms with Crippen molar-refractivity contribution in [2.24, 2.45) is 0 Å². The second-order valence-corrected chi connectivity index (χ2v) is 16.2. The molecule has 0 saturated heterocycles. The molecule has 4 rings (SSSR count). The predicted molar refractivity (Wildman–Crippen MR) is 178 cm³/mol. The van der Waals surface area contributed by atoms with Crippen molar-refractivity contribution in [1.29, 1.82) is 0 Å². The molecule has 1 aliphatic rings. The number of rotatable bonds is 7. The van der Waals surface area contributed by atoms with Crippen LogP contribution in [-0.2, 0) is 20.4 Å². The molecule has 0 heterocycles. The summed E-state index contributed by atoms with van der Waals surface area (Å²) in [6.45, 7) is 18.7. The van der Waals surface area contributed by atoms with Crippen molar-refractivity contribution in [3.8, 4) is 0 Å². The van der Waals surface area contributed by atoms with Crippen LogP contribution < -0.4 is 15.6 Å².